The van der Waals surface area contributed by atoms with Crippen LogP contribution in [0.25, 0.3) is 11.0 Å². The summed E-state index contributed by atoms with van der Waals surface area (Å²) in [7, 11) is 1.15. The molecular weight excluding hydrogens is 237 g/mol. The fraction of sp³-hybridized carbons (Fsp3) is 0.200. The van der Waals surface area contributed by atoms with Gasteiger partial charge in [0.25, 0.3) is 0 Å². The minimum absolute atomic E-state index is 0.0201. The average Bonchev–Trinajstić information content (AvgIpc) is 2.73. The van der Waals surface area contributed by atoms with E-state index < -0.39 is 17.7 Å². The molecule has 0 saturated heterocycles. The number of carbonyl (C=O) groups excluding carboxylic acids is 1. The molecule has 0 spiro atoms. The first-order chi connectivity index (χ1) is 7.95. The van der Waals surface area contributed by atoms with E-state index in [9.17, 15) is 18.0 Å². The molecule has 0 radical (unpaired) electrons. The quantitative estimate of drug-likeness (QED) is 0.783. The van der Waals surface area contributed by atoms with Gasteiger partial charge < -0.3 is 9.72 Å². The van der Waals surface area contributed by atoms with E-state index in [1.54, 1.807) is 0 Å². The van der Waals surface area contributed by atoms with Gasteiger partial charge in [-0.2, -0.15) is 13.2 Å². The fourth-order valence-electron chi connectivity index (χ4n) is 1.54. The third-order valence-electron chi connectivity index (χ3n) is 2.29. The molecular formula is C10H7F3N2O2. The molecule has 0 amide bonds. The molecule has 2 aromatic rings. The lowest BCUT2D eigenvalue weighted by Gasteiger charge is -2.08. The van der Waals surface area contributed by atoms with Crippen LogP contribution in [0.5, 0.6) is 0 Å². The van der Waals surface area contributed by atoms with Crippen molar-refractivity contribution in [2.24, 2.45) is 0 Å². The van der Waals surface area contributed by atoms with Gasteiger partial charge in [0, 0.05) is 0 Å². The third-order valence-corrected chi connectivity index (χ3v) is 2.29. The summed E-state index contributed by atoms with van der Waals surface area (Å²) in [5, 5.41) is 0. The minimum atomic E-state index is -4.51. The van der Waals surface area contributed by atoms with Gasteiger partial charge >= 0.3 is 12.1 Å². The van der Waals surface area contributed by atoms with Crippen LogP contribution >= 0.6 is 0 Å². The molecule has 4 nitrogen and oxygen atoms in total. The number of esters is 1. The largest absolute Gasteiger partial charge is 0.465 e. The number of nitrogens with zero attached hydrogens (tertiary/aromatic N) is 1. The molecule has 17 heavy (non-hydrogen) atoms. The SMILES string of the molecule is COC(=O)c1ccc(C(F)(F)F)c2nc[nH]c12. The van der Waals surface area contributed by atoms with Crippen LogP contribution in [-0.2, 0) is 10.9 Å². The number of imidazole rings is 1. The highest BCUT2D eigenvalue weighted by molar-refractivity contribution is 6.02. The molecule has 1 aromatic carbocycles. The second-order valence-corrected chi connectivity index (χ2v) is 3.28. The lowest BCUT2D eigenvalue weighted by molar-refractivity contribution is -0.136. The van der Waals surface area contributed by atoms with Crippen molar-refractivity contribution in [1.29, 1.82) is 0 Å². The Morgan fingerprint density at radius 1 is 1.41 bits per heavy atom. The third kappa shape index (κ3) is 1.83. The van der Waals surface area contributed by atoms with E-state index >= 15 is 0 Å². The van der Waals surface area contributed by atoms with Crippen LogP contribution < -0.4 is 0 Å². The number of H-pyrrole nitrogens is 1. The van der Waals surface area contributed by atoms with Gasteiger partial charge in [0.15, 0.2) is 0 Å². The van der Waals surface area contributed by atoms with Gasteiger partial charge in [-0.1, -0.05) is 0 Å². The van der Waals surface area contributed by atoms with Gasteiger partial charge in [0.2, 0.25) is 0 Å². The van der Waals surface area contributed by atoms with Crippen molar-refractivity contribution in [3.05, 3.63) is 29.6 Å². The van der Waals surface area contributed by atoms with E-state index in [4.69, 9.17) is 0 Å². The normalized spacial score (nSPS) is 11.8. The maximum absolute atomic E-state index is 12.6. The van der Waals surface area contributed by atoms with E-state index in [2.05, 4.69) is 14.7 Å². The van der Waals surface area contributed by atoms with Gasteiger partial charge in [-0.05, 0) is 12.1 Å². The summed E-state index contributed by atoms with van der Waals surface area (Å²) < 4.78 is 42.4. The Balaban J connectivity index is 2.71. The predicted molar refractivity (Wildman–Crippen MR) is 52.4 cm³/mol. The molecule has 0 aliphatic heterocycles. The summed E-state index contributed by atoms with van der Waals surface area (Å²) in [6.45, 7) is 0. The molecule has 0 atom stereocenters. The summed E-state index contributed by atoms with van der Waals surface area (Å²) in [6, 6.07) is 1.88. The van der Waals surface area contributed by atoms with E-state index in [1.807, 2.05) is 0 Å². The monoisotopic (exact) mass is 244 g/mol. The van der Waals surface area contributed by atoms with Crippen molar-refractivity contribution >= 4 is 17.0 Å². The summed E-state index contributed by atoms with van der Waals surface area (Å²) in [4.78, 5) is 17.4. The molecule has 0 bridgehead atoms. The highest BCUT2D eigenvalue weighted by Gasteiger charge is 2.34. The Morgan fingerprint density at radius 3 is 2.71 bits per heavy atom. The zero-order valence-electron chi connectivity index (χ0n) is 8.63. The lowest BCUT2D eigenvalue weighted by atomic mass is 10.1. The number of aromatic nitrogens is 2. The Labute approximate surface area is 93.4 Å². The number of hydrogen-bond acceptors (Lipinski definition) is 3. The summed E-state index contributed by atoms with van der Waals surface area (Å²) in [5.41, 5.74) is -1.14. The zero-order valence-corrected chi connectivity index (χ0v) is 8.63. The number of nitrogens with one attached hydrogen (secondary N) is 1. The van der Waals surface area contributed by atoms with Gasteiger partial charge in [-0.15, -0.1) is 0 Å². The van der Waals surface area contributed by atoms with E-state index in [0.29, 0.717) is 0 Å². The number of hydrogen-bond donors (Lipinski definition) is 1. The number of alkyl halides is 3. The highest BCUT2D eigenvalue weighted by Crippen LogP contribution is 2.34. The van der Waals surface area contributed by atoms with Gasteiger partial charge in [-0.3, -0.25) is 0 Å². The highest BCUT2D eigenvalue weighted by atomic mass is 19.4. The van der Waals surface area contributed by atoms with Crippen molar-refractivity contribution in [2.45, 2.75) is 6.18 Å². The summed E-state index contributed by atoms with van der Waals surface area (Å²) in [5.74, 6) is -0.715. The number of benzene rings is 1. The Kier molecular flexibility index (Phi) is 2.53. The van der Waals surface area contributed by atoms with Crippen LogP contribution in [-0.4, -0.2) is 23.0 Å². The average molecular weight is 244 g/mol. The van der Waals surface area contributed by atoms with Crippen molar-refractivity contribution < 1.29 is 22.7 Å². The molecule has 0 fully saturated rings. The van der Waals surface area contributed by atoms with Crippen LogP contribution in [0.15, 0.2) is 18.5 Å². The standard InChI is InChI=1S/C10H7F3N2O2/c1-17-9(16)5-2-3-6(10(11,12)13)8-7(5)14-4-15-8/h2-4H,1H3,(H,14,15). The summed E-state index contributed by atoms with van der Waals surface area (Å²) in [6.07, 6.45) is -3.41. The predicted octanol–water partition coefficient (Wildman–Crippen LogP) is 2.37. The Hall–Kier alpha value is -2.05. The number of carbonyl (C=O) groups is 1. The van der Waals surface area contributed by atoms with E-state index in [-0.39, 0.29) is 16.6 Å². The van der Waals surface area contributed by atoms with Gasteiger partial charge in [0.05, 0.1) is 30.1 Å². The van der Waals surface area contributed by atoms with E-state index in [0.717, 1.165) is 25.6 Å². The number of methoxy groups -OCH3 is 1. The van der Waals surface area contributed by atoms with Crippen molar-refractivity contribution in [2.75, 3.05) is 7.11 Å². The molecule has 0 unspecified atom stereocenters. The van der Waals surface area contributed by atoms with Crippen molar-refractivity contribution in [1.82, 2.24) is 9.97 Å². The smallest absolute Gasteiger partial charge is 0.418 e. The number of ether oxygens (including phenoxy) is 1. The lowest BCUT2D eigenvalue weighted by Crippen LogP contribution is -2.08. The first-order valence-corrected chi connectivity index (χ1v) is 4.56. The summed E-state index contributed by atoms with van der Waals surface area (Å²) >= 11 is 0. The Bertz CT molecular complexity index is 574. The molecule has 7 heteroatoms. The molecule has 1 N–H and O–H groups in total. The van der Waals surface area contributed by atoms with Gasteiger partial charge in [0.1, 0.15) is 5.52 Å². The van der Waals surface area contributed by atoms with Crippen LogP contribution in [0, 0.1) is 0 Å². The van der Waals surface area contributed by atoms with Crippen LogP contribution in [0.4, 0.5) is 13.2 Å². The second-order valence-electron chi connectivity index (χ2n) is 3.28. The molecule has 0 aliphatic rings. The van der Waals surface area contributed by atoms with E-state index in [1.165, 1.54) is 0 Å². The first kappa shape index (κ1) is 11.4. The molecule has 2 rings (SSSR count). The zero-order chi connectivity index (χ0) is 12.6. The molecule has 0 aliphatic carbocycles. The number of halogens is 3. The molecule has 90 valence electrons. The number of rotatable bonds is 1. The maximum Gasteiger partial charge on any atom is 0.418 e. The van der Waals surface area contributed by atoms with Crippen molar-refractivity contribution in [3.63, 3.8) is 0 Å². The van der Waals surface area contributed by atoms with Gasteiger partial charge in [-0.25, -0.2) is 9.78 Å². The van der Waals surface area contributed by atoms with Crippen LogP contribution in [0.1, 0.15) is 15.9 Å². The van der Waals surface area contributed by atoms with Crippen LogP contribution in [0.2, 0.25) is 0 Å². The topological polar surface area (TPSA) is 55.0 Å². The second kappa shape index (κ2) is 3.76. The number of aromatic amines is 1. The molecule has 1 aromatic heterocycles. The minimum Gasteiger partial charge on any atom is -0.465 e. The fourth-order valence-corrected chi connectivity index (χ4v) is 1.54. The number of fused-ring (bicyclic) bond motifs is 1. The first-order valence-electron chi connectivity index (χ1n) is 4.56. The van der Waals surface area contributed by atoms with Crippen molar-refractivity contribution in [3.8, 4) is 0 Å². The molecule has 1 heterocycles. The maximum atomic E-state index is 12.6. The molecule has 0 saturated carbocycles. The Morgan fingerprint density at radius 2 is 2.12 bits per heavy atom. The van der Waals surface area contributed by atoms with Crippen LogP contribution in [0.3, 0.4) is 0 Å².